The van der Waals surface area contributed by atoms with Gasteiger partial charge in [-0.1, -0.05) is 12.1 Å². The van der Waals surface area contributed by atoms with Gasteiger partial charge >= 0.3 is 0 Å². The largest absolute Gasteiger partial charge is 0.492 e. The second kappa shape index (κ2) is 10.2. The van der Waals surface area contributed by atoms with Crippen LogP contribution in [0.4, 0.5) is 0 Å². The molecular formula is C16H27N3O2. The minimum Gasteiger partial charge on any atom is -0.492 e. The third-order valence-electron chi connectivity index (χ3n) is 3.05. The monoisotopic (exact) mass is 293 g/mol. The smallest absolute Gasteiger partial charge is 0.220 e. The van der Waals surface area contributed by atoms with Crippen molar-refractivity contribution in [2.75, 3.05) is 40.8 Å². The first-order chi connectivity index (χ1) is 10.1. The third-order valence-corrected chi connectivity index (χ3v) is 3.05. The predicted molar refractivity (Wildman–Crippen MR) is 85.5 cm³/mol. The summed E-state index contributed by atoms with van der Waals surface area (Å²) in [6, 6.07) is 7.86. The van der Waals surface area contributed by atoms with Crippen LogP contribution in [0, 0.1) is 0 Å². The second-order valence-corrected chi connectivity index (χ2v) is 5.28. The number of rotatable bonds is 10. The van der Waals surface area contributed by atoms with Gasteiger partial charge in [0.05, 0.1) is 0 Å². The Morgan fingerprint density at radius 3 is 2.57 bits per heavy atom. The molecule has 0 aliphatic rings. The third kappa shape index (κ3) is 8.32. The fourth-order valence-electron chi connectivity index (χ4n) is 1.76. The van der Waals surface area contributed by atoms with Crippen molar-refractivity contribution in [3.63, 3.8) is 0 Å². The van der Waals surface area contributed by atoms with Crippen LogP contribution in [0.3, 0.4) is 0 Å². The molecule has 5 nitrogen and oxygen atoms in total. The molecule has 118 valence electrons. The van der Waals surface area contributed by atoms with E-state index in [0.717, 1.165) is 30.8 Å². The van der Waals surface area contributed by atoms with Crippen LogP contribution in [0.1, 0.15) is 18.4 Å². The fraction of sp³-hybridized carbons (Fsp3) is 0.562. The highest BCUT2D eigenvalue weighted by atomic mass is 16.5. The van der Waals surface area contributed by atoms with Crippen molar-refractivity contribution in [1.82, 2.24) is 15.5 Å². The molecule has 0 aliphatic heterocycles. The Morgan fingerprint density at radius 2 is 1.95 bits per heavy atom. The number of amides is 1. The van der Waals surface area contributed by atoms with Gasteiger partial charge in [0.1, 0.15) is 12.4 Å². The van der Waals surface area contributed by atoms with Gasteiger partial charge in [-0.3, -0.25) is 4.79 Å². The highest BCUT2D eigenvalue weighted by molar-refractivity contribution is 5.75. The number of hydrogen-bond donors (Lipinski definition) is 2. The van der Waals surface area contributed by atoms with Crippen molar-refractivity contribution < 1.29 is 9.53 Å². The van der Waals surface area contributed by atoms with Crippen molar-refractivity contribution in [2.24, 2.45) is 0 Å². The van der Waals surface area contributed by atoms with Crippen LogP contribution < -0.4 is 15.4 Å². The highest BCUT2D eigenvalue weighted by Gasteiger charge is 2.01. The Hall–Kier alpha value is -1.59. The lowest BCUT2D eigenvalue weighted by atomic mass is 10.2. The predicted octanol–water partition coefficient (Wildman–Crippen LogP) is 1.24. The minimum atomic E-state index is 0.0940. The van der Waals surface area contributed by atoms with E-state index in [-0.39, 0.29) is 5.91 Å². The number of hydrogen-bond acceptors (Lipinski definition) is 4. The summed E-state index contributed by atoms with van der Waals surface area (Å²) < 4.78 is 5.63. The van der Waals surface area contributed by atoms with Crippen molar-refractivity contribution in [1.29, 1.82) is 0 Å². The van der Waals surface area contributed by atoms with Gasteiger partial charge < -0.3 is 20.3 Å². The van der Waals surface area contributed by atoms with E-state index in [2.05, 4.69) is 15.5 Å². The molecule has 0 heterocycles. The molecule has 0 atom stereocenters. The molecule has 1 aromatic carbocycles. The molecule has 0 spiro atoms. The molecule has 21 heavy (non-hydrogen) atoms. The first-order valence-electron chi connectivity index (χ1n) is 7.39. The lowest BCUT2D eigenvalue weighted by Gasteiger charge is -2.11. The number of ether oxygens (including phenoxy) is 1. The summed E-state index contributed by atoms with van der Waals surface area (Å²) in [6.07, 6.45) is 1.42. The van der Waals surface area contributed by atoms with Crippen LogP contribution in [0.5, 0.6) is 5.75 Å². The van der Waals surface area contributed by atoms with E-state index in [1.165, 1.54) is 0 Å². The summed E-state index contributed by atoms with van der Waals surface area (Å²) in [5, 5.41) is 5.95. The number of carbonyl (C=O) groups excluding carboxylic acids is 1. The van der Waals surface area contributed by atoms with Gasteiger partial charge in [0.15, 0.2) is 0 Å². The summed E-state index contributed by atoms with van der Waals surface area (Å²) in [7, 11) is 5.93. The fourth-order valence-corrected chi connectivity index (χ4v) is 1.76. The maximum atomic E-state index is 11.6. The average molecular weight is 293 g/mol. The zero-order chi connectivity index (χ0) is 15.5. The topological polar surface area (TPSA) is 53.6 Å². The van der Waals surface area contributed by atoms with E-state index in [1.807, 2.05) is 45.4 Å². The zero-order valence-electron chi connectivity index (χ0n) is 13.3. The first kappa shape index (κ1) is 17.5. The maximum Gasteiger partial charge on any atom is 0.220 e. The normalized spacial score (nSPS) is 10.7. The van der Waals surface area contributed by atoms with E-state index in [0.29, 0.717) is 19.6 Å². The van der Waals surface area contributed by atoms with E-state index in [1.54, 1.807) is 0 Å². The summed E-state index contributed by atoms with van der Waals surface area (Å²) in [4.78, 5) is 13.7. The summed E-state index contributed by atoms with van der Waals surface area (Å²) in [6.45, 7) is 3.00. The van der Waals surface area contributed by atoms with Gasteiger partial charge in [0.2, 0.25) is 5.91 Å². The van der Waals surface area contributed by atoms with Crippen LogP contribution in [0.15, 0.2) is 24.3 Å². The van der Waals surface area contributed by atoms with Gasteiger partial charge in [-0.05, 0) is 51.8 Å². The quantitative estimate of drug-likeness (QED) is 0.637. The van der Waals surface area contributed by atoms with Gasteiger partial charge in [-0.25, -0.2) is 0 Å². The van der Waals surface area contributed by atoms with Crippen LogP contribution in [-0.2, 0) is 11.3 Å². The SMILES string of the molecule is CNCCCC(=O)NCc1ccc(OCCN(C)C)cc1. The molecule has 0 aromatic heterocycles. The molecule has 0 aliphatic carbocycles. The molecule has 5 heteroatoms. The molecule has 1 amide bonds. The van der Waals surface area contributed by atoms with Gasteiger partial charge in [0.25, 0.3) is 0 Å². The standard InChI is InChI=1S/C16H27N3O2/c1-17-10-4-5-16(20)18-13-14-6-8-15(9-7-14)21-12-11-19(2)3/h6-9,17H,4-5,10-13H2,1-3H3,(H,18,20). The maximum absolute atomic E-state index is 11.6. The van der Waals surface area contributed by atoms with Crippen LogP contribution in [-0.4, -0.2) is 51.6 Å². The summed E-state index contributed by atoms with van der Waals surface area (Å²) in [5.74, 6) is 0.956. The van der Waals surface area contributed by atoms with E-state index >= 15 is 0 Å². The molecule has 1 aromatic rings. The average Bonchev–Trinajstić information content (AvgIpc) is 2.46. The van der Waals surface area contributed by atoms with Crippen molar-refractivity contribution in [3.05, 3.63) is 29.8 Å². The summed E-state index contributed by atoms with van der Waals surface area (Å²) in [5.41, 5.74) is 1.08. The van der Waals surface area contributed by atoms with E-state index in [9.17, 15) is 4.79 Å². The number of likely N-dealkylation sites (N-methyl/N-ethyl adjacent to an activating group) is 1. The van der Waals surface area contributed by atoms with Crippen LogP contribution in [0.25, 0.3) is 0 Å². The molecule has 1 rings (SSSR count). The second-order valence-electron chi connectivity index (χ2n) is 5.28. The molecule has 0 fully saturated rings. The Balaban J connectivity index is 2.25. The van der Waals surface area contributed by atoms with Crippen molar-refractivity contribution in [3.8, 4) is 5.75 Å². The Kier molecular flexibility index (Phi) is 8.47. The Morgan fingerprint density at radius 1 is 1.24 bits per heavy atom. The Labute approximate surface area is 127 Å². The molecule has 0 radical (unpaired) electrons. The van der Waals surface area contributed by atoms with Crippen molar-refractivity contribution in [2.45, 2.75) is 19.4 Å². The summed E-state index contributed by atoms with van der Waals surface area (Å²) >= 11 is 0. The molecule has 2 N–H and O–H groups in total. The molecular weight excluding hydrogens is 266 g/mol. The lowest BCUT2D eigenvalue weighted by Crippen LogP contribution is -2.23. The van der Waals surface area contributed by atoms with Gasteiger partial charge in [-0.2, -0.15) is 0 Å². The lowest BCUT2D eigenvalue weighted by molar-refractivity contribution is -0.121. The van der Waals surface area contributed by atoms with Gasteiger partial charge in [0, 0.05) is 19.5 Å². The minimum absolute atomic E-state index is 0.0940. The van der Waals surface area contributed by atoms with Crippen LogP contribution >= 0.6 is 0 Å². The molecule has 0 unspecified atom stereocenters. The van der Waals surface area contributed by atoms with Gasteiger partial charge in [-0.15, -0.1) is 0 Å². The van der Waals surface area contributed by atoms with Crippen LogP contribution in [0.2, 0.25) is 0 Å². The van der Waals surface area contributed by atoms with E-state index in [4.69, 9.17) is 4.74 Å². The first-order valence-corrected chi connectivity index (χ1v) is 7.39. The number of benzene rings is 1. The van der Waals surface area contributed by atoms with E-state index < -0.39 is 0 Å². The Bertz CT molecular complexity index is 404. The molecule has 0 saturated heterocycles. The molecule has 0 saturated carbocycles. The number of carbonyl (C=O) groups is 1. The van der Waals surface area contributed by atoms with Crippen molar-refractivity contribution >= 4 is 5.91 Å². The zero-order valence-corrected chi connectivity index (χ0v) is 13.3. The number of nitrogens with zero attached hydrogens (tertiary/aromatic N) is 1. The number of nitrogens with one attached hydrogen (secondary N) is 2. The highest BCUT2D eigenvalue weighted by Crippen LogP contribution is 2.12. The molecule has 0 bridgehead atoms.